The minimum atomic E-state index is -0.566. The summed E-state index contributed by atoms with van der Waals surface area (Å²) in [7, 11) is 1.89. The van der Waals surface area contributed by atoms with Gasteiger partial charge in [-0.15, -0.1) is 0 Å². The molecule has 2 saturated carbocycles. The molecule has 1 aromatic carbocycles. The van der Waals surface area contributed by atoms with Gasteiger partial charge in [0.05, 0.1) is 12.6 Å². The van der Waals surface area contributed by atoms with Crippen LogP contribution in [0.5, 0.6) is 0 Å². The van der Waals surface area contributed by atoms with Crippen LogP contribution in [0.25, 0.3) is 0 Å². The van der Waals surface area contributed by atoms with Crippen molar-refractivity contribution >= 4 is 11.8 Å². The molecule has 1 aromatic heterocycles. The number of ketones is 1. The van der Waals surface area contributed by atoms with Gasteiger partial charge in [0, 0.05) is 24.3 Å². The summed E-state index contributed by atoms with van der Waals surface area (Å²) in [6.07, 6.45) is 6.45. The molecule has 6 heteroatoms. The summed E-state index contributed by atoms with van der Waals surface area (Å²) in [6.45, 7) is 14.4. The van der Waals surface area contributed by atoms with Crippen LogP contribution in [-0.2, 0) is 20.7 Å². The Morgan fingerprint density at radius 2 is 1.82 bits per heavy atom. The van der Waals surface area contributed by atoms with Crippen molar-refractivity contribution in [3.8, 4) is 0 Å². The molecule has 1 atom stereocenters. The topological polar surface area (TPSA) is 72.6 Å². The van der Waals surface area contributed by atoms with Gasteiger partial charge in [-0.05, 0) is 103 Å². The van der Waals surface area contributed by atoms with Crippen LogP contribution in [-0.4, -0.2) is 41.0 Å². The maximum Gasteiger partial charge on any atom is 0.320 e. The SMILES string of the molecule is Cc1ccc(CC(=O)CC(c2noc(C3CC(CC(C)C)C3)c2C2CC2)N(C)CC(=O)OC(C)(C)C)c(C)c1. The molecular formula is C33H48N2O4. The van der Waals surface area contributed by atoms with Crippen LogP contribution >= 0.6 is 0 Å². The molecule has 214 valence electrons. The highest BCUT2D eigenvalue weighted by Crippen LogP contribution is 2.52. The van der Waals surface area contributed by atoms with E-state index in [1.807, 2.05) is 32.7 Å². The number of hydrogen-bond donors (Lipinski definition) is 0. The van der Waals surface area contributed by atoms with E-state index in [0.29, 0.717) is 24.2 Å². The summed E-state index contributed by atoms with van der Waals surface area (Å²) < 4.78 is 11.7. The number of aryl methyl sites for hydroxylation is 2. The van der Waals surface area contributed by atoms with Crippen LogP contribution in [0.4, 0.5) is 0 Å². The highest BCUT2D eigenvalue weighted by Gasteiger charge is 2.42. The van der Waals surface area contributed by atoms with Crippen molar-refractivity contribution in [2.45, 2.75) is 117 Å². The van der Waals surface area contributed by atoms with Gasteiger partial charge in [0.2, 0.25) is 0 Å². The van der Waals surface area contributed by atoms with Gasteiger partial charge in [-0.2, -0.15) is 0 Å². The second kappa shape index (κ2) is 12.0. The summed E-state index contributed by atoms with van der Waals surface area (Å²) in [4.78, 5) is 28.2. The van der Waals surface area contributed by atoms with Crippen molar-refractivity contribution in [1.82, 2.24) is 10.1 Å². The fourth-order valence-corrected chi connectivity index (χ4v) is 6.14. The van der Waals surface area contributed by atoms with E-state index in [9.17, 15) is 9.59 Å². The van der Waals surface area contributed by atoms with Gasteiger partial charge in [0.25, 0.3) is 0 Å². The molecule has 0 bridgehead atoms. The van der Waals surface area contributed by atoms with E-state index in [1.54, 1.807) is 0 Å². The third kappa shape index (κ3) is 7.81. The van der Waals surface area contributed by atoms with Crippen molar-refractivity contribution in [3.63, 3.8) is 0 Å². The number of hydrogen-bond acceptors (Lipinski definition) is 6. The van der Waals surface area contributed by atoms with E-state index >= 15 is 0 Å². The molecule has 0 aliphatic heterocycles. The largest absolute Gasteiger partial charge is 0.459 e. The molecule has 2 aromatic rings. The Kier molecular flexibility index (Phi) is 9.05. The molecule has 0 radical (unpaired) electrons. The number of esters is 1. The van der Waals surface area contributed by atoms with Gasteiger partial charge in [-0.25, -0.2) is 0 Å². The zero-order chi connectivity index (χ0) is 28.5. The van der Waals surface area contributed by atoms with E-state index in [2.05, 4.69) is 51.1 Å². The summed E-state index contributed by atoms with van der Waals surface area (Å²) >= 11 is 0. The monoisotopic (exact) mass is 536 g/mol. The fraction of sp³-hybridized carbons (Fsp3) is 0.667. The summed E-state index contributed by atoms with van der Waals surface area (Å²) in [5.74, 6) is 3.17. The highest BCUT2D eigenvalue weighted by molar-refractivity contribution is 5.82. The molecule has 1 heterocycles. The molecule has 2 aliphatic rings. The first-order valence-electron chi connectivity index (χ1n) is 14.8. The Labute approximate surface area is 234 Å². The summed E-state index contributed by atoms with van der Waals surface area (Å²) in [6, 6.07) is 5.89. The first-order valence-corrected chi connectivity index (χ1v) is 14.8. The van der Waals surface area contributed by atoms with Crippen LogP contribution in [0.2, 0.25) is 0 Å². The van der Waals surface area contributed by atoms with Crippen LogP contribution in [0, 0.1) is 25.7 Å². The lowest BCUT2D eigenvalue weighted by Gasteiger charge is -2.35. The number of Topliss-reactive ketones (excluding diaryl/α,β-unsaturated/α-hetero) is 1. The molecule has 2 aliphatic carbocycles. The normalized spacial score (nSPS) is 20.3. The van der Waals surface area contributed by atoms with E-state index in [0.717, 1.165) is 54.2 Å². The number of carbonyl (C=O) groups is 2. The van der Waals surface area contributed by atoms with E-state index in [1.165, 1.54) is 17.5 Å². The van der Waals surface area contributed by atoms with Gasteiger partial charge >= 0.3 is 5.97 Å². The number of rotatable bonds is 12. The first-order chi connectivity index (χ1) is 18.3. The first kappa shape index (κ1) is 29.5. The number of ether oxygens (including phenoxy) is 1. The average Bonchev–Trinajstić information content (AvgIpc) is 3.53. The molecule has 6 nitrogen and oxygen atoms in total. The number of nitrogens with zero attached hydrogens (tertiary/aromatic N) is 2. The van der Waals surface area contributed by atoms with Crippen molar-refractivity contribution < 1.29 is 18.8 Å². The quantitative estimate of drug-likeness (QED) is 0.267. The Morgan fingerprint density at radius 3 is 2.41 bits per heavy atom. The molecule has 39 heavy (non-hydrogen) atoms. The minimum absolute atomic E-state index is 0.0883. The molecule has 1 unspecified atom stereocenters. The predicted octanol–water partition coefficient (Wildman–Crippen LogP) is 7.23. The molecular weight excluding hydrogens is 488 g/mol. The Morgan fingerprint density at radius 1 is 1.13 bits per heavy atom. The number of carbonyl (C=O) groups excluding carboxylic acids is 2. The van der Waals surface area contributed by atoms with Crippen LogP contribution in [0.1, 0.15) is 125 Å². The van der Waals surface area contributed by atoms with Gasteiger partial charge < -0.3 is 9.26 Å². The number of aromatic nitrogens is 1. The molecule has 4 rings (SSSR count). The Bertz CT molecular complexity index is 1160. The van der Waals surface area contributed by atoms with Gasteiger partial charge in [0.15, 0.2) is 0 Å². The third-order valence-corrected chi connectivity index (χ3v) is 8.13. The van der Waals surface area contributed by atoms with Crippen molar-refractivity contribution in [2.75, 3.05) is 13.6 Å². The van der Waals surface area contributed by atoms with Crippen molar-refractivity contribution in [2.24, 2.45) is 11.8 Å². The molecule has 0 saturated heterocycles. The van der Waals surface area contributed by atoms with Crippen LogP contribution < -0.4 is 0 Å². The molecule has 0 amide bonds. The lowest BCUT2D eigenvalue weighted by Crippen LogP contribution is -2.36. The third-order valence-electron chi connectivity index (χ3n) is 8.13. The smallest absolute Gasteiger partial charge is 0.320 e. The number of benzene rings is 1. The standard InChI is InChI=1S/C33H48N2O4/c1-20(2)13-23-15-26(16-23)32-30(24-11-12-24)31(34-39-32)28(35(8)19-29(37)38-33(5,6)7)18-27(36)17-25-10-9-21(3)14-22(25)4/h9-10,14,20,23-24,26,28H,11-13,15-19H2,1-8H3. The second-order valence-electron chi connectivity index (χ2n) is 13.7. The van der Waals surface area contributed by atoms with E-state index in [4.69, 9.17) is 9.26 Å². The molecule has 0 spiro atoms. The van der Waals surface area contributed by atoms with Crippen molar-refractivity contribution in [3.05, 3.63) is 51.9 Å². The average molecular weight is 537 g/mol. The van der Waals surface area contributed by atoms with E-state index < -0.39 is 5.60 Å². The van der Waals surface area contributed by atoms with Gasteiger partial charge in [0.1, 0.15) is 22.8 Å². The van der Waals surface area contributed by atoms with E-state index in [-0.39, 0.29) is 30.8 Å². The Hall–Kier alpha value is -2.47. The predicted molar refractivity (Wildman–Crippen MR) is 154 cm³/mol. The minimum Gasteiger partial charge on any atom is -0.459 e. The number of likely N-dealkylation sites (N-methyl/N-ethyl adjacent to an activating group) is 1. The lowest BCUT2D eigenvalue weighted by molar-refractivity contribution is -0.156. The molecule has 0 N–H and O–H groups in total. The summed E-state index contributed by atoms with van der Waals surface area (Å²) in [5, 5.41) is 4.64. The van der Waals surface area contributed by atoms with Gasteiger partial charge in [-0.1, -0.05) is 42.8 Å². The molecule has 2 fully saturated rings. The highest BCUT2D eigenvalue weighted by atomic mass is 16.6. The van der Waals surface area contributed by atoms with Crippen LogP contribution in [0.15, 0.2) is 22.7 Å². The van der Waals surface area contributed by atoms with Gasteiger partial charge in [-0.3, -0.25) is 14.5 Å². The maximum absolute atomic E-state index is 13.5. The maximum atomic E-state index is 13.5. The van der Waals surface area contributed by atoms with Crippen molar-refractivity contribution in [1.29, 1.82) is 0 Å². The zero-order valence-electron chi connectivity index (χ0n) is 25.3. The Balaban J connectivity index is 1.58. The summed E-state index contributed by atoms with van der Waals surface area (Å²) in [5.41, 5.74) is 4.86. The fourth-order valence-electron chi connectivity index (χ4n) is 6.14. The lowest BCUT2D eigenvalue weighted by atomic mass is 9.69. The second-order valence-corrected chi connectivity index (χ2v) is 13.7. The van der Waals surface area contributed by atoms with Crippen LogP contribution in [0.3, 0.4) is 0 Å². The zero-order valence-corrected chi connectivity index (χ0v) is 25.3.